The first-order valence-electron chi connectivity index (χ1n) is 9.04. The maximum absolute atomic E-state index is 13.4. The van der Waals surface area contributed by atoms with Gasteiger partial charge in [0.15, 0.2) is 5.76 Å². The van der Waals surface area contributed by atoms with Crippen molar-refractivity contribution in [2.45, 2.75) is 19.9 Å². The van der Waals surface area contributed by atoms with Crippen molar-refractivity contribution < 1.29 is 19.1 Å². The Balaban J connectivity index is 1.89. The number of halogens is 2. The van der Waals surface area contributed by atoms with Crippen LogP contribution in [0.5, 0.6) is 0 Å². The molecule has 0 bridgehead atoms. The third-order valence-corrected chi connectivity index (χ3v) is 6.18. The summed E-state index contributed by atoms with van der Waals surface area (Å²) in [6.45, 7) is 3.49. The SMILES string of the molecule is Cc1nc(C)c(C(=O)C2=C(O)C(=O)N(c3ccc(F)cc3)C2c2ccc(Cl)cc2)s1. The number of aryl methyl sites for hydroxylation is 2. The van der Waals surface area contributed by atoms with Crippen LogP contribution in [0.2, 0.25) is 5.02 Å². The molecule has 1 unspecified atom stereocenters. The number of aromatic nitrogens is 1. The van der Waals surface area contributed by atoms with Gasteiger partial charge in [-0.25, -0.2) is 9.37 Å². The number of nitrogens with zero attached hydrogens (tertiary/aromatic N) is 2. The minimum absolute atomic E-state index is 0.0432. The van der Waals surface area contributed by atoms with Gasteiger partial charge in [0.2, 0.25) is 5.78 Å². The summed E-state index contributed by atoms with van der Waals surface area (Å²) in [7, 11) is 0. The van der Waals surface area contributed by atoms with E-state index in [1.165, 1.54) is 40.5 Å². The molecule has 152 valence electrons. The van der Waals surface area contributed by atoms with Crippen LogP contribution in [0.3, 0.4) is 0 Å². The second-order valence-electron chi connectivity index (χ2n) is 6.84. The average molecular weight is 443 g/mol. The Kier molecular flexibility index (Phi) is 5.17. The molecular weight excluding hydrogens is 427 g/mol. The van der Waals surface area contributed by atoms with E-state index < -0.39 is 29.3 Å². The zero-order valence-electron chi connectivity index (χ0n) is 16.0. The molecule has 30 heavy (non-hydrogen) atoms. The molecule has 1 aromatic heterocycles. The van der Waals surface area contributed by atoms with E-state index in [0.29, 0.717) is 31.9 Å². The molecule has 5 nitrogen and oxygen atoms in total. The predicted molar refractivity (Wildman–Crippen MR) is 114 cm³/mol. The lowest BCUT2D eigenvalue weighted by atomic mass is 9.95. The van der Waals surface area contributed by atoms with Gasteiger partial charge in [0.25, 0.3) is 5.91 Å². The number of benzene rings is 2. The van der Waals surface area contributed by atoms with Crippen molar-refractivity contribution in [3.63, 3.8) is 0 Å². The van der Waals surface area contributed by atoms with Crippen molar-refractivity contribution in [2.24, 2.45) is 0 Å². The molecule has 1 aliphatic heterocycles. The number of rotatable bonds is 4. The number of carbonyl (C=O) groups excluding carboxylic acids is 2. The highest BCUT2D eigenvalue weighted by Crippen LogP contribution is 2.42. The summed E-state index contributed by atoms with van der Waals surface area (Å²) < 4.78 is 13.4. The van der Waals surface area contributed by atoms with Gasteiger partial charge in [-0.05, 0) is 55.8 Å². The Hall–Kier alpha value is -3.03. The number of amides is 1. The fourth-order valence-corrected chi connectivity index (χ4v) is 4.53. The second-order valence-corrected chi connectivity index (χ2v) is 8.48. The van der Waals surface area contributed by atoms with E-state index >= 15 is 0 Å². The summed E-state index contributed by atoms with van der Waals surface area (Å²) >= 11 is 7.21. The molecule has 8 heteroatoms. The second kappa shape index (κ2) is 7.66. The lowest BCUT2D eigenvalue weighted by Crippen LogP contribution is -2.31. The lowest BCUT2D eigenvalue weighted by Gasteiger charge is -2.27. The van der Waals surface area contributed by atoms with Crippen molar-refractivity contribution in [3.05, 3.63) is 91.8 Å². The molecule has 3 aromatic rings. The first-order chi connectivity index (χ1) is 14.3. The summed E-state index contributed by atoms with van der Waals surface area (Å²) in [5.41, 5.74) is 1.43. The fourth-order valence-electron chi connectivity index (χ4n) is 3.53. The predicted octanol–water partition coefficient (Wildman–Crippen LogP) is 5.34. The Morgan fingerprint density at radius 3 is 2.33 bits per heavy atom. The number of anilines is 1. The number of thiazole rings is 1. The van der Waals surface area contributed by atoms with Crippen molar-refractivity contribution in [2.75, 3.05) is 4.90 Å². The maximum atomic E-state index is 13.4. The Morgan fingerprint density at radius 1 is 1.13 bits per heavy atom. The van der Waals surface area contributed by atoms with Gasteiger partial charge in [0.1, 0.15) is 5.82 Å². The molecule has 1 atom stereocenters. The zero-order chi connectivity index (χ0) is 21.6. The minimum Gasteiger partial charge on any atom is -0.503 e. The van der Waals surface area contributed by atoms with Crippen LogP contribution in [0.4, 0.5) is 10.1 Å². The number of ketones is 1. The molecule has 1 aliphatic rings. The van der Waals surface area contributed by atoms with Crippen molar-refractivity contribution in [1.82, 2.24) is 4.98 Å². The van der Waals surface area contributed by atoms with E-state index in [2.05, 4.69) is 4.98 Å². The molecule has 1 N–H and O–H groups in total. The zero-order valence-corrected chi connectivity index (χ0v) is 17.6. The van der Waals surface area contributed by atoms with Gasteiger partial charge in [-0.3, -0.25) is 14.5 Å². The number of hydrogen-bond acceptors (Lipinski definition) is 5. The summed E-state index contributed by atoms with van der Waals surface area (Å²) in [6, 6.07) is 11.1. The Labute approximate surface area is 181 Å². The van der Waals surface area contributed by atoms with E-state index in [1.54, 1.807) is 38.1 Å². The molecule has 0 saturated carbocycles. The van der Waals surface area contributed by atoms with Gasteiger partial charge in [-0.2, -0.15) is 0 Å². The number of carbonyl (C=O) groups is 2. The molecule has 0 radical (unpaired) electrons. The van der Waals surface area contributed by atoms with Crippen LogP contribution in [-0.4, -0.2) is 21.8 Å². The third-order valence-electron chi connectivity index (χ3n) is 4.85. The molecule has 0 spiro atoms. The first kappa shape index (κ1) is 20.3. The van der Waals surface area contributed by atoms with E-state index in [4.69, 9.17) is 11.6 Å². The lowest BCUT2D eigenvalue weighted by molar-refractivity contribution is -0.117. The standard InChI is InChI=1S/C22H16ClFN2O3S/c1-11-21(30-12(2)25-11)19(27)17-18(13-3-5-14(23)6-4-13)26(22(29)20(17)28)16-9-7-15(24)8-10-16/h3-10,18,28H,1-2H3. The third kappa shape index (κ3) is 3.40. The smallest absolute Gasteiger partial charge is 0.294 e. The summed E-state index contributed by atoms with van der Waals surface area (Å²) in [6.07, 6.45) is 0. The van der Waals surface area contributed by atoms with Crippen molar-refractivity contribution in [1.29, 1.82) is 0 Å². The van der Waals surface area contributed by atoms with Crippen LogP contribution in [0, 0.1) is 19.7 Å². The molecule has 1 amide bonds. The number of aliphatic hydroxyl groups is 1. The van der Waals surface area contributed by atoms with Crippen molar-refractivity contribution >= 4 is 40.3 Å². The number of Topliss-reactive ketones (excluding diaryl/α,β-unsaturated/α-hetero) is 1. The largest absolute Gasteiger partial charge is 0.503 e. The molecule has 2 heterocycles. The van der Waals surface area contributed by atoms with Gasteiger partial charge < -0.3 is 5.11 Å². The molecule has 2 aromatic carbocycles. The van der Waals surface area contributed by atoms with E-state index in [-0.39, 0.29) is 5.57 Å². The van der Waals surface area contributed by atoms with Crippen LogP contribution in [-0.2, 0) is 4.79 Å². The molecule has 0 aliphatic carbocycles. The van der Waals surface area contributed by atoms with Gasteiger partial charge in [0.05, 0.1) is 27.2 Å². The van der Waals surface area contributed by atoms with Crippen LogP contribution in [0.1, 0.15) is 32.0 Å². The highest BCUT2D eigenvalue weighted by Gasteiger charge is 2.45. The molecule has 0 fully saturated rings. The monoisotopic (exact) mass is 442 g/mol. The maximum Gasteiger partial charge on any atom is 0.294 e. The van der Waals surface area contributed by atoms with Crippen molar-refractivity contribution in [3.8, 4) is 0 Å². The highest BCUT2D eigenvalue weighted by molar-refractivity contribution is 7.14. The van der Waals surface area contributed by atoms with E-state index in [0.717, 1.165) is 0 Å². The highest BCUT2D eigenvalue weighted by atomic mass is 35.5. The summed E-state index contributed by atoms with van der Waals surface area (Å²) in [5, 5.41) is 11.9. The Morgan fingerprint density at radius 2 is 1.77 bits per heavy atom. The van der Waals surface area contributed by atoms with Gasteiger partial charge in [0, 0.05) is 10.7 Å². The molecule has 4 rings (SSSR count). The van der Waals surface area contributed by atoms with Gasteiger partial charge in [-0.1, -0.05) is 23.7 Å². The molecule has 0 saturated heterocycles. The number of hydrogen-bond donors (Lipinski definition) is 1. The van der Waals surface area contributed by atoms with Gasteiger partial charge >= 0.3 is 0 Å². The summed E-state index contributed by atoms with van der Waals surface area (Å²) in [5.74, 6) is -2.29. The quantitative estimate of drug-likeness (QED) is 0.554. The Bertz CT molecular complexity index is 1190. The van der Waals surface area contributed by atoms with Crippen LogP contribution < -0.4 is 4.90 Å². The molecular formula is C22H16ClFN2O3S. The van der Waals surface area contributed by atoms with Gasteiger partial charge in [-0.15, -0.1) is 11.3 Å². The van der Waals surface area contributed by atoms with Crippen LogP contribution >= 0.6 is 22.9 Å². The first-order valence-corrected chi connectivity index (χ1v) is 10.2. The van der Waals surface area contributed by atoms with E-state index in [1.807, 2.05) is 0 Å². The number of aliphatic hydroxyl groups excluding tert-OH is 1. The normalized spacial score (nSPS) is 16.5. The van der Waals surface area contributed by atoms with Crippen LogP contribution in [0.25, 0.3) is 0 Å². The fraction of sp³-hybridized carbons (Fsp3) is 0.136. The summed E-state index contributed by atoms with van der Waals surface area (Å²) in [4.78, 5) is 32.3. The van der Waals surface area contributed by atoms with Crippen LogP contribution in [0.15, 0.2) is 59.9 Å². The minimum atomic E-state index is -0.894. The average Bonchev–Trinajstić information content (AvgIpc) is 3.19. The topological polar surface area (TPSA) is 70.5 Å². The van der Waals surface area contributed by atoms with E-state index in [9.17, 15) is 19.1 Å².